The number of sulfonamides is 1. The van der Waals surface area contributed by atoms with Gasteiger partial charge in [-0.25, -0.2) is 8.42 Å². The third kappa shape index (κ3) is 3.00. The number of hydrogen-bond acceptors (Lipinski definition) is 4. The smallest absolute Gasteiger partial charge is 0.322 e. The molecular weight excluding hydrogens is 322 g/mol. The number of hydrogen-bond donors (Lipinski definition) is 1. The summed E-state index contributed by atoms with van der Waals surface area (Å²) in [4.78, 5) is 11.3. The number of carbonyl (C=O) groups is 1. The van der Waals surface area contributed by atoms with Crippen LogP contribution >= 0.6 is 22.9 Å². The number of carboxylic acid groups (broad SMARTS) is 1. The van der Waals surface area contributed by atoms with Gasteiger partial charge in [0.1, 0.15) is 10.3 Å². The maximum Gasteiger partial charge on any atom is 0.322 e. The zero-order chi connectivity index (χ0) is 14.9. The molecular formula is C12H16ClNO4S2. The first-order valence-electron chi connectivity index (χ1n) is 6.34. The van der Waals surface area contributed by atoms with Crippen LogP contribution in [0, 0.1) is 6.92 Å². The standard InChI is InChI=1S/C12H16ClNO4S2/c1-8-7-10(19-11(8)13)20(17,18)14-6-4-2-3-5-9(14)12(15)16/h7,9H,2-6H2,1H3,(H,15,16). The van der Waals surface area contributed by atoms with Crippen LogP contribution in [-0.4, -0.2) is 36.4 Å². The molecule has 0 saturated carbocycles. The highest BCUT2D eigenvalue weighted by Gasteiger charge is 2.37. The molecule has 0 aromatic carbocycles. The number of nitrogens with zero attached hydrogens (tertiary/aromatic N) is 1. The number of halogens is 1. The van der Waals surface area contributed by atoms with E-state index in [1.165, 1.54) is 6.07 Å². The number of carboxylic acids is 1. The maximum absolute atomic E-state index is 12.6. The zero-order valence-electron chi connectivity index (χ0n) is 11.0. The van der Waals surface area contributed by atoms with Crippen LogP contribution in [0.4, 0.5) is 0 Å². The Morgan fingerprint density at radius 1 is 1.45 bits per heavy atom. The van der Waals surface area contributed by atoms with Gasteiger partial charge in [-0.1, -0.05) is 24.4 Å². The van der Waals surface area contributed by atoms with Crippen LogP contribution in [0.1, 0.15) is 31.2 Å². The van der Waals surface area contributed by atoms with E-state index in [0.717, 1.165) is 28.5 Å². The molecule has 1 aliphatic heterocycles. The van der Waals surface area contributed by atoms with Crippen molar-refractivity contribution in [2.75, 3.05) is 6.54 Å². The van der Waals surface area contributed by atoms with Crippen LogP contribution in [0.3, 0.4) is 0 Å². The summed E-state index contributed by atoms with van der Waals surface area (Å²) >= 11 is 6.90. The van der Waals surface area contributed by atoms with Crippen molar-refractivity contribution in [3.8, 4) is 0 Å². The summed E-state index contributed by atoms with van der Waals surface area (Å²) in [6, 6.07) is 0.523. The molecule has 1 aromatic heterocycles. The Kier molecular flexibility index (Phi) is 4.73. The zero-order valence-corrected chi connectivity index (χ0v) is 13.4. The molecule has 1 aliphatic rings. The first kappa shape index (κ1) is 15.8. The molecule has 0 bridgehead atoms. The van der Waals surface area contributed by atoms with Crippen LogP contribution in [0.2, 0.25) is 4.34 Å². The normalized spacial score (nSPS) is 21.6. The van der Waals surface area contributed by atoms with Crippen LogP contribution in [0.5, 0.6) is 0 Å². The predicted octanol–water partition coefficient (Wildman–Crippen LogP) is 2.73. The molecule has 5 nitrogen and oxygen atoms in total. The maximum atomic E-state index is 12.6. The van der Waals surface area contributed by atoms with Crippen molar-refractivity contribution >= 4 is 38.9 Å². The molecule has 1 aromatic rings. The van der Waals surface area contributed by atoms with E-state index >= 15 is 0 Å². The van der Waals surface area contributed by atoms with Gasteiger partial charge < -0.3 is 5.11 Å². The van der Waals surface area contributed by atoms with Crippen molar-refractivity contribution < 1.29 is 18.3 Å². The van der Waals surface area contributed by atoms with E-state index in [-0.39, 0.29) is 10.8 Å². The lowest BCUT2D eigenvalue weighted by atomic mass is 10.1. The number of aryl methyl sites for hydroxylation is 1. The fourth-order valence-corrected chi connectivity index (χ4v) is 5.78. The molecule has 0 radical (unpaired) electrons. The fourth-order valence-electron chi connectivity index (χ4n) is 2.29. The van der Waals surface area contributed by atoms with Crippen molar-refractivity contribution in [2.45, 2.75) is 42.9 Å². The lowest BCUT2D eigenvalue weighted by Gasteiger charge is -2.25. The first-order valence-corrected chi connectivity index (χ1v) is 8.98. The Bertz CT molecular complexity index is 591. The average Bonchev–Trinajstić information content (AvgIpc) is 2.61. The Morgan fingerprint density at radius 2 is 2.15 bits per heavy atom. The minimum Gasteiger partial charge on any atom is -0.480 e. The van der Waals surface area contributed by atoms with Gasteiger partial charge in [0, 0.05) is 6.54 Å². The van der Waals surface area contributed by atoms with Crippen LogP contribution in [0.25, 0.3) is 0 Å². The highest BCUT2D eigenvalue weighted by Crippen LogP contribution is 2.34. The monoisotopic (exact) mass is 337 g/mol. The number of aliphatic carboxylic acids is 1. The third-order valence-electron chi connectivity index (χ3n) is 3.39. The van der Waals surface area contributed by atoms with Crippen LogP contribution in [-0.2, 0) is 14.8 Å². The number of thiophene rings is 1. The molecule has 1 fully saturated rings. The highest BCUT2D eigenvalue weighted by atomic mass is 35.5. The summed E-state index contributed by atoms with van der Waals surface area (Å²) < 4.78 is 26.9. The second-order valence-corrected chi connectivity index (χ2v) is 8.61. The lowest BCUT2D eigenvalue weighted by molar-refractivity contribution is -0.141. The van der Waals surface area contributed by atoms with E-state index < -0.39 is 22.0 Å². The molecule has 1 atom stereocenters. The molecule has 2 rings (SSSR count). The molecule has 0 spiro atoms. The Morgan fingerprint density at radius 3 is 2.70 bits per heavy atom. The van der Waals surface area contributed by atoms with E-state index in [1.54, 1.807) is 6.92 Å². The van der Waals surface area contributed by atoms with E-state index in [9.17, 15) is 18.3 Å². The van der Waals surface area contributed by atoms with Crippen molar-refractivity contribution in [1.82, 2.24) is 4.31 Å². The molecule has 1 saturated heterocycles. The summed E-state index contributed by atoms with van der Waals surface area (Å²) in [5, 5.41) is 9.27. The SMILES string of the molecule is Cc1cc(S(=O)(=O)N2CCCCCC2C(=O)O)sc1Cl. The van der Waals surface area contributed by atoms with Gasteiger partial charge in [0.05, 0.1) is 4.34 Å². The minimum absolute atomic E-state index is 0.119. The van der Waals surface area contributed by atoms with Gasteiger partial charge in [0.15, 0.2) is 0 Å². The van der Waals surface area contributed by atoms with Crippen LogP contribution < -0.4 is 0 Å². The molecule has 112 valence electrons. The molecule has 0 amide bonds. The van der Waals surface area contributed by atoms with Gasteiger partial charge in [0.25, 0.3) is 10.0 Å². The van der Waals surface area contributed by atoms with Gasteiger partial charge in [0.2, 0.25) is 0 Å². The first-order chi connectivity index (χ1) is 9.34. The molecule has 1 N–H and O–H groups in total. The Balaban J connectivity index is 2.41. The van der Waals surface area contributed by atoms with E-state index in [1.807, 2.05) is 0 Å². The molecule has 0 aliphatic carbocycles. The predicted molar refractivity (Wildman–Crippen MR) is 77.8 cm³/mol. The van der Waals surface area contributed by atoms with Crippen LogP contribution in [0.15, 0.2) is 10.3 Å². The minimum atomic E-state index is -3.79. The van der Waals surface area contributed by atoms with E-state index in [2.05, 4.69) is 0 Å². The van der Waals surface area contributed by atoms with Crippen molar-refractivity contribution in [3.63, 3.8) is 0 Å². The number of rotatable bonds is 3. The summed E-state index contributed by atoms with van der Waals surface area (Å²) in [5.74, 6) is -1.09. The quantitative estimate of drug-likeness (QED) is 0.920. The topological polar surface area (TPSA) is 74.7 Å². The van der Waals surface area contributed by atoms with Gasteiger partial charge in [-0.2, -0.15) is 4.31 Å². The third-order valence-corrected chi connectivity index (χ3v) is 7.30. The van der Waals surface area contributed by atoms with Gasteiger partial charge in [-0.15, -0.1) is 11.3 Å². The van der Waals surface area contributed by atoms with Gasteiger partial charge in [-0.05, 0) is 31.4 Å². The van der Waals surface area contributed by atoms with Crippen molar-refractivity contribution in [1.29, 1.82) is 0 Å². The fraction of sp³-hybridized carbons (Fsp3) is 0.583. The van der Waals surface area contributed by atoms with Crippen molar-refractivity contribution in [2.24, 2.45) is 0 Å². The molecule has 8 heteroatoms. The van der Waals surface area contributed by atoms with E-state index in [4.69, 9.17) is 11.6 Å². The van der Waals surface area contributed by atoms with E-state index in [0.29, 0.717) is 22.7 Å². The molecule has 20 heavy (non-hydrogen) atoms. The van der Waals surface area contributed by atoms with Gasteiger partial charge >= 0.3 is 5.97 Å². The summed E-state index contributed by atoms with van der Waals surface area (Å²) in [6.07, 6.45) is 2.61. The summed E-state index contributed by atoms with van der Waals surface area (Å²) in [7, 11) is -3.79. The molecule has 2 heterocycles. The summed E-state index contributed by atoms with van der Waals surface area (Å²) in [5.41, 5.74) is 0.692. The van der Waals surface area contributed by atoms with Crippen molar-refractivity contribution in [3.05, 3.63) is 16.0 Å². The lowest BCUT2D eigenvalue weighted by Crippen LogP contribution is -2.44. The Labute approximate surface area is 127 Å². The average molecular weight is 338 g/mol. The summed E-state index contributed by atoms with van der Waals surface area (Å²) in [6.45, 7) is 1.98. The largest absolute Gasteiger partial charge is 0.480 e. The van der Waals surface area contributed by atoms with Gasteiger partial charge in [-0.3, -0.25) is 4.79 Å². The molecule has 1 unspecified atom stereocenters. The second kappa shape index (κ2) is 6.01. The second-order valence-electron chi connectivity index (χ2n) is 4.84. The highest BCUT2D eigenvalue weighted by molar-refractivity contribution is 7.91. The Hall–Kier alpha value is -0.630.